The number of hydrogen-bond donors (Lipinski definition) is 0. The van der Waals surface area contributed by atoms with Gasteiger partial charge in [-0.15, -0.1) is 0 Å². The summed E-state index contributed by atoms with van der Waals surface area (Å²) in [5.74, 6) is -16.2. The van der Waals surface area contributed by atoms with Crippen molar-refractivity contribution in [2.45, 2.75) is 19.2 Å². The van der Waals surface area contributed by atoms with Gasteiger partial charge in [0.15, 0.2) is 5.75 Å². The Labute approximate surface area is 280 Å². The lowest BCUT2D eigenvalue weighted by Crippen LogP contribution is -2.23. The van der Waals surface area contributed by atoms with Gasteiger partial charge in [0, 0.05) is 30.2 Å². The summed E-state index contributed by atoms with van der Waals surface area (Å²) in [4.78, 5) is 33.9. The molecule has 0 aliphatic carbocycles. The Bertz CT molecular complexity index is 2220. The summed E-state index contributed by atoms with van der Waals surface area (Å²) in [7, 11) is 0. The first kappa shape index (κ1) is 32.4. The number of pyridine rings is 1. The molecule has 2 heterocycles. The van der Waals surface area contributed by atoms with Gasteiger partial charge in [-0.3, -0.25) is 9.78 Å². The zero-order valence-electron chi connectivity index (χ0n) is 25.6. The molecule has 50 heavy (non-hydrogen) atoms. The van der Waals surface area contributed by atoms with Crippen molar-refractivity contribution in [3.05, 3.63) is 172 Å². The van der Waals surface area contributed by atoms with Crippen molar-refractivity contribution in [1.29, 1.82) is 0 Å². The summed E-state index contributed by atoms with van der Waals surface area (Å²) in [5, 5.41) is 0.0198. The number of esters is 1. The van der Waals surface area contributed by atoms with E-state index in [2.05, 4.69) is 4.98 Å². The predicted molar refractivity (Wildman–Crippen MR) is 168 cm³/mol. The van der Waals surface area contributed by atoms with Crippen LogP contribution in [-0.4, -0.2) is 21.8 Å². The van der Waals surface area contributed by atoms with Crippen LogP contribution in [0.15, 0.2) is 103 Å². The number of fused-ring (bicyclic) bond motifs is 2. The minimum atomic E-state index is -2.43. The molecule has 0 radical (unpaired) electrons. The van der Waals surface area contributed by atoms with E-state index in [1.165, 1.54) is 47.5 Å². The second kappa shape index (κ2) is 13.0. The van der Waals surface area contributed by atoms with Gasteiger partial charge in [0.05, 0.1) is 11.1 Å². The number of hydrogen-bond acceptors (Lipinski definition) is 5. The molecule has 1 aromatic heterocycles. The highest BCUT2D eigenvalue weighted by Gasteiger charge is 2.40. The average molecular weight is 685 g/mol. The summed E-state index contributed by atoms with van der Waals surface area (Å²) in [5.41, 5.74) is 1.42. The number of carbonyl (C=O) groups is 2. The molecule has 0 atom stereocenters. The Morgan fingerprint density at radius 2 is 1.30 bits per heavy atom. The van der Waals surface area contributed by atoms with E-state index >= 15 is 0 Å². The van der Waals surface area contributed by atoms with Crippen molar-refractivity contribution in [2.24, 2.45) is 0 Å². The zero-order chi connectivity index (χ0) is 35.1. The highest BCUT2D eigenvalue weighted by molar-refractivity contribution is 6.15. The highest BCUT2D eigenvalue weighted by Crippen LogP contribution is 2.44. The Balaban J connectivity index is 1.42. The number of nitrogens with zero attached hydrogens (tertiary/aromatic N) is 2. The van der Waals surface area contributed by atoms with Crippen LogP contribution in [0.3, 0.4) is 0 Å². The van der Waals surface area contributed by atoms with Crippen molar-refractivity contribution in [1.82, 2.24) is 9.88 Å². The van der Waals surface area contributed by atoms with E-state index in [1.807, 2.05) is 60.7 Å². The van der Waals surface area contributed by atoms with Crippen molar-refractivity contribution in [3.63, 3.8) is 0 Å². The van der Waals surface area contributed by atoms with E-state index in [1.54, 1.807) is 0 Å². The standard InChI is InChI=1S/C38H22F6N2O4/c39-23-15-13-20(14-16-23)18-46-19-25-26(38(48)50-36-31(43)29(41)28(40)30(42)32(36)44)24-12-7-17-45-33(24)35(27(25)37(46)47)49-34(21-8-3-1-4-9-21)22-10-5-2-6-11-22/h1-17,34H,18-19H2. The van der Waals surface area contributed by atoms with Crippen molar-refractivity contribution in [2.75, 3.05) is 0 Å². The van der Waals surface area contributed by atoms with Gasteiger partial charge in [0.2, 0.25) is 34.8 Å². The maximum Gasteiger partial charge on any atom is 0.344 e. The van der Waals surface area contributed by atoms with E-state index in [0.717, 1.165) is 0 Å². The molecule has 0 N–H and O–H groups in total. The fraction of sp³-hybridized carbons (Fsp3) is 0.0789. The molecule has 6 nitrogen and oxygen atoms in total. The first-order valence-corrected chi connectivity index (χ1v) is 15.1. The van der Waals surface area contributed by atoms with E-state index in [4.69, 9.17) is 9.47 Å². The quantitative estimate of drug-likeness (QED) is 0.0528. The Morgan fingerprint density at radius 1 is 0.720 bits per heavy atom. The number of ether oxygens (including phenoxy) is 2. The van der Waals surface area contributed by atoms with E-state index in [0.29, 0.717) is 16.7 Å². The number of aromatic nitrogens is 1. The first-order chi connectivity index (χ1) is 24.1. The van der Waals surface area contributed by atoms with Crippen molar-refractivity contribution >= 4 is 22.8 Å². The summed E-state index contributed by atoms with van der Waals surface area (Å²) in [6.07, 6.45) is 0.577. The zero-order valence-corrected chi connectivity index (χ0v) is 25.6. The molecule has 0 bridgehead atoms. The number of halogens is 6. The molecule has 0 saturated heterocycles. The van der Waals surface area contributed by atoms with Crippen LogP contribution in [0.2, 0.25) is 0 Å². The van der Waals surface area contributed by atoms with Crippen LogP contribution in [0.5, 0.6) is 11.5 Å². The van der Waals surface area contributed by atoms with Gasteiger partial charge in [-0.25, -0.2) is 22.4 Å². The minimum Gasteiger partial charge on any atom is -0.478 e. The van der Waals surface area contributed by atoms with E-state index in [9.17, 15) is 35.9 Å². The Morgan fingerprint density at radius 3 is 1.90 bits per heavy atom. The number of rotatable bonds is 8. The van der Waals surface area contributed by atoms with Crippen molar-refractivity contribution in [3.8, 4) is 11.5 Å². The van der Waals surface area contributed by atoms with Crippen LogP contribution in [-0.2, 0) is 13.1 Å². The molecule has 0 spiro atoms. The normalized spacial score (nSPS) is 12.5. The number of amides is 1. The largest absolute Gasteiger partial charge is 0.478 e. The molecule has 1 amide bonds. The van der Waals surface area contributed by atoms with Crippen molar-refractivity contribution < 1.29 is 45.4 Å². The summed E-state index contributed by atoms with van der Waals surface area (Å²) in [6.45, 7) is -0.320. The van der Waals surface area contributed by atoms with Crippen LogP contribution < -0.4 is 9.47 Å². The van der Waals surface area contributed by atoms with Gasteiger partial charge in [0.1, 0.15) is 17.4 Å². The molecular weight excluding hydrogens is 662 g/mol. The molecule has 0 fully saturated rings. The fourth-order valence-electron chi connectivity index (χ4n) is 5.94. The molecule has 250 valence electrons. The SMILES string of the molecule is O=C(Oc1c(F)c(F)c(F)c(F)c1F)c1c2c(c(OC(c3ccccc3)c3ccccc3)c3ncccc13)C(=O)N(Cc1ccc(F)cc1)C2. The van der Waals surface area contributed by atoms with Gasteiger partial charge in [-0.1, -0.05) is 78.9 Å². The van der Waals surface area contributed by atoms with Crippen LogP contribution in [0.1, 0.15) is 49.1 Å². The molecule has 1 aliphatic heterocycles. The third kappa shape index (κ3) is 5.68. The molecule has 5 aromatic carbocycles. The lowest BCUT2D eigenvalue weighted by atomic mass is 9.95. The van der Waals surface area contributed by atoms with Crippen LogP contribution in [0.25, 0.3) is 10.9 Å². The highest BCUT2D eigenvalue weighted by atomic mass is 19.2. The first-order valence-electron chi connectivity index (χ1n) is 15.1. The predicted octanol–water partition coefficient (Wildman–Crippen LogP) is 8.61. The molecule has 7 rings (SSSR count). The molecule has 0 saturated carbocycles. The monoisotopic (exact) mass is 684 g/mol. The lowest BCUT2D eigenvalue weighted by Gasteiger charge is -2.23. The molecule has 0 unspecified atom stereocenters. The summed E-state index contributed by atoms with van der Waals surface area (Å²) >= 11 is 0. The van der Waals surface area contributed by atoms with Gasteiger partial charge in [-0.05, 0) is 34.9 Å². The second-order valence-corrected chi connectivity index (χ2v) is 11.4. The number of carbonyl (C=O) groups excluding carboxylic acids is 2. The maximum atomic E-state index is 14.7. The van der Waals surface area contributed by atoms with E-state index < -0.39 is 64.2 Å². The lowest BCUT2D eigenvalue weighted by molar-refractivity contribution is 0.0711. The third-order valence-corrected chi connectivity index (χ3v) is 8.27. The van der Waals surface area contributed by atoms with Gasteiger partial charge < -0.3 is 14.4 Å². The summed E-state index contributed by atoms with van der Waals surface area (Å²) in [6, 6.07) is 26.4. The number of benzene rings is 5. The molecular formula is C38H22F6N2O4. The van der Waals surface area contributed by atoms with E-state index in [-0.39, 0.29) is 40.9 Å². The van der Waals surface area contributed by atoms with Gasteiger partial charge in [0.25, 0.3) is 5.91 Å². The average Bonchev–Trinajstić information content (AvgIpc) is 3.46. The van der Waals surface area contributed by atoms with Crippen LogP contribution >= 0.6 is 0 Å². The van der Waals surface area contributed by atoms with Crippen LogP contribution in [0, 0.1) is 34.9 Å². The molecule has 1 aliphatic rings. The second-order valence-electron chi connectivity index (χ2n) is 11.4. The van der Waals surface area contributed by atoms with Gasteiger partial charge >= 0.3 is 5.97 Å². The Kier molecular flexibility index (Phi) is 8.44. The Hall–Kier alpha value is -6.17. The maximum absolute atomic E-state index is 14.7. The topological polar surface area (TPSA) is 68.7 Å². The van der Waals surface area contributed by atoms with Gasteiger partial charge in [-0.2, -0.15) is 8.78 Å². The molecule has 6 aromatic rings. The summed E-state index contributed by atoms with van der Waals surface area (Å²) < 4.78 is 96.5. The smallest absolute Gasteiger partial charge is 0.344 e. The minimum absolute atomic E-state index is 0.00126. The van der Waals surface area contributed by atoms with Crippen LogP contribution in [0.4, 0.5) is 26.3 Å². The molecule has 12 heteroatoms. The third-order valence-electron chi connectivity index (χ3n) is 8.27. The fourth-order valence-corrected chi connectivity index (χ4v) is 5.94.